The van der Waals surface area contributed by atoms with Gasteiger partial charge in [0.05, 0.1) is 30.5 Å². The molecule has 0 unspecified atom stereocenters. The number of halogens is 1. The van der Waals surface area contributed by atoms with Crippen LogP contribution >= 0.6 is 0 Å². The normalized spacial score (nSPS) is 24.0. The van der Waals surface area contributed by atoms with E-state index in [-0.39, 0.29) is 18.5 Å². The standard InChI is InChI=1S/C22H29FN4O/c1-15-3-4-21-17(9-15)11-20(12-24-21)25-19-5-7-26(8-6-19)14-22(28)27-13-18(23)10-16(27)2/h3-4,9,11-12,16,18-19,25H,5-8,10,13-14H2,1-2H3/t16-,18+/m1/s1. The van der Waals surface area contributed by atoms with Gasteiger partial charge in [-0.05, 0) is 44.9 Å². The fourth-order valence-corrected chi connectivity index (χ4v) is 4.40. The van der Waals surface area contributed by atoms with E-state index in [9.17, 15) is 9.18 Å². The van der Waals surface area contributed by atoms with Crippen molar-refractivity contribution in [2.75, 3.05) is 31.5 Å². The average Bonchev–Trinajstić information content (AvgIpc) is 3.01. The fraction of sp³-hybridized carbons (Fsp3) is 0.545. The number of hydrogen-bond donors (Lipinski definition) is 1. The Bertz CT molecular complexity index is 850. The van der Waals surface area contributed by atoms with Crippen LogP contribution in [-0.4, -0.2) is 65.1 Å². The number of anilines is 1. The number of aromatic nitrogens is 1. The Morgan fingerprint density at radius 1 is 1.29 bits per heavy atom. The first kappa shape index (κ1) is 19.1. The van der Waals surface area contributed by atoms with Gasteiger partial charge in [-0.15, -0.1) is 0 Å². The summed E-state index contributed by atoms with van der Waals surface area (Å²) in [7, 11) is 0. The van der Waals surface area contributed by atoms with Crippen LogP contribution in [0.4, 0.5) is 10.1 Å². The number of nitrogens with one attached hydrogen (secondary N) is 1. The van der Waals surface area contributed by atoms with Gasteiger partial charge in [-0.1, -0.05) is 11.6 Å². The van der Waals surface area contributed by atoms with Gasteiger partial charge in [-0.25, -0.2) is 4.39 Å². The molecule has 2 saturated heterocycles. The average molecular weight is 384 g/mol. The van der Waals surface area contributed by atoms with Gasteiger partial charge in [0, 0.05) is 37.0 Å². The molecule has 0 bridgehead atoms. The van der Waals surface area contributed by atoms with Gasteiger partial charge in [0.25, 0.3) is 0 Å². The third kappa shape index (κ3) is 4.27. The highest BCUT2D eigenvalue weighted by Gasteiger charge is 2.33. The number of rotatable bonds is 4. The van der Waals surface area contributed by atoms with E-state index in [2.05, 4.69) is 46.4 Å². The van der Waals surface area contributed by atoms with Crippen molar-refractivity contribution >= 4 is 22.5 Å². The Hall–Kier alpha value is -2.21. The zero-order valence-corrected chi connectivity index (χ0v) is 16.7. The molecule has 1 N–H and O–H groups in total. The Morgan fingerprint density at radius 2 is 2.07 bits per heavy atom. The van der Waals surface area contributed by atoms with Crippen molar-refractivity contribution in [2.45, 2.75) is 51.4 Å². The Balaban J connectivity index is 1.29. The first-order valence-corrected chi connectivity index (χ1v) is 10.3. The fourth-order valence-electron chi connectivity index (χ4n) is 4.40. The molecule has 3 heterocycles. The summed E-state index contributed by atoms with van der Waals surface area (Å²) in [5, 5.41) is 4.75. The van der Waals surface area contributed by atoms with E-state index in [4.69, 9.17) is 0 Å². The van der Waals surface area contributed by atoms with Crippen molar-refractivity contribution in [3.05, 3.63) is 36.0 Å². The summed E-state index contributed by atoms with van der Waals surface area (Å²) >= 11 is 0. The van der Waals surface area contributed by atoms with Crippen molar-refractivity contribution in [2.24, 2.45) is 0 Å². The van der Waals surface area contributed by atoms with Crippen molar-refractivity contribution in [3.63, 3.8) is 0 Å². The summed E-state index contributed by atoms with van der Waals surface area (Å²) in [4.78, 5) is 20.9. The van der Waals surface area contributed by atoms with Crippen LogP contribution in [0, 0.1) is 6.92 Å². The third-order valence-corrected chi connectivity index (χ3v) is 6.00. The lowest BCUT2D eigenvalue weighted by Crippen LogP contribution is -2.46. The number of likely N-dealkylation sites (tertiary alicyclic amines) is 2. The highest BCUT2D eigenvalue weighted by molar-refractivity contribution is 5.82. The molecule has 1 aromatic heterocycles. The van der Waals surface area contributed by atoms with E-state index in [1.807, 2.05) is 13.1 Å². The predicted octanol–water partition coefficient (Wildman–Crippen LogP) is 3.38. The van der Waals surface area contributed by atoms with Crippen LogP contribution < -0.4 is 5.32 Å². The summed E-state index contributed by atoms with van der Waals surface area (Å²) in [6.07, 6.45) is 3.47. The number of pyridine rings is 1. The number of benzene rings is 1. The summed E-state index contributed by atoms with van der Waals surface area (Å²) in [6.45, 7) is 6.45. The van der Waals surface area contributed by atoms with Gasteiger partial charge in [-0.3, -0.25) is 14.7 Å². The number of carbonyl (C=O) groups is 1. The lowest BCUT2D eigenvalue weighted by Gasteiger charge is -2.33. The van der Waals surface area contributed by atoms with Crippen LogP contribution in [0.15, 0.2) is 30.5 Å². The summed E-state index contributed by atoms with van der Waals surface area (Å²) in [6, 6.07) is 8.85. The Morgan fingerprint density at radius 3 is 2.79 bits per heavy atom. The van der Waals surface area contributed by atoms with Crippen molar-refractivity contribution in [1.29, 1.82) is 0 Å². The van der Waals surface area contributed by atoms with Crippen molar-refractivity contribution in [3.8, 4) is 0 Å². The minimum absolute atomic E-state index is 0.0192. The van der Waals surface area contributed by atoms with Gasteiger partial charge >= 0.3 is 0 Å². The zero-order chi connectivity index (χ0) is 19.7. The third-order valence-electron chi connectivity index (χ3n) is 6.00. The van der Waals surface area contributed by atoms with Crippen molar-refractivity contribution < 1.29 is 9.18 Å². The Kier molecular flexibility index (Phi) is 5.49. The summed E-state index contributed by atoms with van der Waals surface area (Å²) in [5.74, 6) is 0.0631. The molecule has 4 rings (SSSR count). The second kappa shape index (κ2) is 8.03. The second-order valence-corrected chi connectivity index (χ2v) is 8.34. The van der Waals surface area contributed by atoms with Gasteiger partial charge in [0.2, 0.25) is 5.91 Å². The summed E-state index contributed by atoms with van der Waals surface area (Å²) in [5.41, 5.74) is 3.29. The minimum Gasteiger partial charge on any atom is -0.381 e. The number of carbonyl (C=O) groups excluding carboxylic acids is 1. The number of alkyl halides is 1. The van der Waals surface area contributed by atoms with Crippen LogP contribution in [0.25, 0.3) is 10.9 Å². The minimum atomic E-state index is -0.867. The number of amides is 1. The van der Waals surface area contributed by atoms with Crippen molar-refractivity contribution in [1.82, 2.24) is 14.8 Å². The number of hydrogen-bond acceptors (Lipinski definition) is 4. The predicted molar refractivity (Wildman–Crippen MR) is 110 cm³/mol. The molecule has 0 aliphatic carbocycles. The van der Waals surface area contributed by atoms with E-state index in [1.54, 1.807) is 4.90 Å². The molecule has 1 amide bonds. The molecule has 28 heavy (non-hydrogen) atoms. The van der Waals surface area contributed by atoms with E-state index in [1.165, 1.54) is 5.56 Å². The topological polar surface area (TPSA) is 48.5 Å². The quantitative estimate of drug-likeness (QED) is 0.878. The number of nitrogens with zero attached hydrogens (tertiary/aromatic N) is 3. The first-order chi connectivity index (χ1) is 13.5. The molecule has 2 fully saturated rings. The highest BCUT2D eigenvalue weighted by Crippen LogP contribution is 2.23. The van der Waals surface area contributed by atoms with Crippen LogP contribution in [0.2, 0.25) is 0 Å². The van der Waals surface area contributed by atoms with Crippen LogP contribution in [-0.2, 0) is 4.79 Å². The molecule has 0 spiro atoms. The SMILES string of the molecule is Cc1ccc2ncc(NC3CCN(CC(=O)N4C[C@@H](F)C[C@H]4C)CC3)cc2c1. The van der Waals surface area contributed by atoms with Crippen LogP contribution in [0.3, 0.4) is 0 Å². The molecule has 2 aliphatic rings. The maximum atomic E-state index is 13.5. The molecule has 0 saturated carbocycles. The molecule has 6 heteroatoms. The monoisotopic (exact) mass is 384 g/mol. The van der Waals surface area contributed by atoms with E-state index >= 15 is 0 Å². The molecule has 1 aromatic carbocycles. The van der Waals surface area contributed by atoms with Crippen LogP contribution in [0.1, 0.15) is 31.7 Å². The summed E-state index contributed by atoms with van der Waals surface area (Å²) < 4.78 is 13.5. The molecule has 5 nitrogen and oxygen atoms in total. The van der Waals surface area contributed by atoms with E-state index < -0.39 is 6.17 Å². The molecule has 2 aliphatic heterocycles. The largest absolute Gasteiger partial charge is 0.381 e. The zero-order valence-electron chi connectivity index (χ0n) is 16.7. The molecule has 2 atom stereocenters. The number of piperidine rings is 1. The second-order valence-electron chi connectivity index (χ2n) is 8.34. The van der Waals surface area contributed by atoms with Gasteiger partial charge in [0.1, 0.15) is 6.17 Å². The Labute approximate surface area is 165 Å². The molecular formula is C22H29FN4O. The molecule has 0 radical (unpaired) electrons. The number of fused-ring (bicyclic) bond motifs is 1. The molecule has 2 aromatic rings. The lowest BCUT2D eigenvalue weighted by molar-refractivity contribution is -0.133. The van der Waals surface area contributed by atoms with E-state index in [0.29, 0.717) is 19.0 Å². The van der Waals surface area contributed by atoms with Gasteiger partial charge in [0.15, 0.2) is 0 Å². The van der Waals surface area contributed by atoms with E-state index in [0.717, 1.165) is 42.5 Å². The van der Waals surface area contributed by atoms with Gasteiger partial charge in [-0.2, -0.15) is 0 Å². The van der Waals surface area contributed by atoms with Crippen LogP contribution in [0.5, 0.6) is 0 Å². The number of aryl methyl sites for hydroxylation is 1. The maximum Gasteiger partial charge on any atom is 0.237 e. The lowest BCUT2D eigenvalue weighted by atomic mass is 10.0. The molecular weight excluding hydrogens is 355 g/mol. The van der Waals surface area contributed by atoms with Gasteiger partial charge < -0.3 is 10.2 Å². The maximum absolute atomic E-state index is 13.5. The molecule has 150 valence electrons. The smallest absolute Gasteiger partial charge is 0.237 e. The first-order valence-electron chi connectivity index (χ1n) is 10.3. The highest BCUT2D eigenvalue weighted by atomic mass is 19.1.